The number of carbonyl (C=O) groups excluding carboxylic acids is 2. The van der Waals surface area contributed by atoms with Crippen molar-refractivity contribution in [1.29, 1.82) is 0 Å². The first-order chi connectivity index (χ1) is 16.8. The van der Waals surface area contributed by atoms with Gasteiger partial charge in [-0.15, -0.1) is 0 Å². The smallest absolute Gasteiger partial charge is 0.253 e. The summed E-state index contributed by atoms with van der Waals surface area (Å²) in [6, 6.07) is 13.1. The lowest BCUT2D eigenvalue weighted by molar-refractivity contribution is -0.137. The summed E-state index contributed by atoms with van der Waals surface area (Å²) in [4.78, 5) is 30.3. The predicted molar refractivity (Wildman–Crippen MR) is 137 cm³/mol. The molecule has 0 bridgehead atoms. The van der Waals surface area contributed by atoms with Crippen LogP contribution in [-0.4, -0.2) is 65.6 Å². The minimum absolute atomic E-state index is 0.0126. The number of aryl methyl sites for hydroxylation is 2. The first-order valence-electron chi connectivity index (χ1n) is 12.5. The van der Waals surface area contributed by atoms with Crippen molar-refractivity contribution < 1.29 is 19.4 Å². The molecule has 188 valence electrons. The molecule has 0 radical (unpaired) electrons. The number of nitrogens with zero attached hydrogens (tertiary/aromatic N) is 2. The molecular formula is C28H35ClN2O4. The van der Waals surface area contributed by atoms with E-state index in [0.717, 1.165) is 34.7 Å². The summed E-state index contributed by atoms with van der Waals surface area (Å²) >= 11 is 6.34. The number of carbonyl (C=O) groups is 2. The molecule has 2 aliphatic rings. The number of likely N-dealkylation sites (tertiary alicyclic amines) is 2. The minimum atomic E-state index is -0.489. The van der Waals surface area contributed by atoms with Gasteiger partial charge in [-0.1, -0.05) is 29.8 Å². The number of rotatable bonds is 6. The first-order valence-corrected chi connectivity index (χ1v) is 12.8. The summed E-state index contributed by atoms with van der Waals surface area (Å²) in [6.45, 7) is 6.51. The predicted octanol–water partition coefficient (Wildman–Crippen LogP) is 4.63. The Hall–Kier alpha value is -2.57. The fraction of sp³-hybridized carbons (Fsp3) is 0.500. The molecule has 2 saturated heterocycles. The molecule has 6 nitrogen and oxygen atoms in total. The third kappa shape index (κ3) is 6.17. The van der Waals surface area contributed by atoms with Gasteiger partial charge < -0.3 is 19.6 Å². The maximum absolute atomic E-state index is 13.4. The van der Waals surface area contributed by atoms with Crippen molar-refractivity contribution in [2.24, 2.45) is 5.41 Å². The molecule has 2 heterocycles. The summed E-state index contributed by atoms with van der Waals surface area (Å²) in [7, 11) is 0. The van der Waals surface area contributed by atoms with E-state index < -0.39 is 5.41 Å². The number of ether oxygens (including phenoxy) is 1. The van der Waals surface area contributed by atoms with Gasteiger partial charge in [-0.05, 0) is 74.9 Å². The van der Waals surface area contributed by atoms with Crippen LogP contribution in [0, 0.1) is 19.3 Å². The van der Waals surface area contributed by atoms with Gasteiger partial charge in [-0.25, -0.2) is 0 Å². The van der Waals surface area contributed by atoms with E-state index >= 15 is 0 Å². The average molecular weight is 499 g/mol. The molecule has 2 fully saturated rings. The van der Waals surface area contributed by atoms with Crippen LogP contribution in [-0.2, 0) is 4.79 Å². The molecule has 4 rings (SSSR count). The number of halogens is 1. The molecule has 35 heavy (non-hydrogen) atoms. The van der Waals surface area contributed by atoms with Crippen molar-refractivity contribution in [1.82, 2.24) is 9.80 Å². The number of amides is 2. The molecular weight excluding hydrogens is 464 g/mol. The highest BCUT2D eigenvalue weighted by molar-refractivity contribution is 6.32. The van der Waals surface area contributed by atoms with Crippen LogP contribution >= 0.6 is 11.6 Å². The van der Waals surface area contributed by atoms with Crippen LogP contribution < -0.4 is 4.74 Å². The number of hydrogen-bond acceptors (Lipinski definition) is 4. The molecule has 1 N–H and O–H groups in total. The first kappa shape index (κ1) is 25.5. The Bertz CT molecular complexity index is 1030. The molecule has 0 aromatic heterocycles. The van der Waals surface area contributed by atoms with E-state index in [2.05, 4.69) is 0 Å². The normalized spacial score (nSPS) is 21.1. The van der Waals surface area contributed by atoms with Crippen LogP contribution in [0.15, 0.2) is 42.5 Å². The van der Waals surface area contributed by atoms with Crippen molar-refractivity contribution in [3.05, 3.63) is 64.2 Å². The number of piperidine rings is 2. The number of aliphatic hydroxyl groups excluding tert-OH is 1. The van der Waals surface area contributed by atoms with Gasteiger partial charge in [0.2, 0.25) is 5.91 Å². The summed E-state index contributed by atoms with van der Waals surface area (Å²) < 4.78 is 6.30. The summed E-state index contributed by atoms with van der Waals surface area (Å²) in [5.41, 5.74) is 2.06. The SMILES string of the molecule is Cc1cc(OCC2(CC(=O)N3CCC(O)CC3)CCCN(C(=O)c3ccccc3)C2)cc(C)c1Cl. The second kappa shape index (κ2) is 11.0. The van der Waals surface area contributed by atoms with E-state index in [0.29, 0.717) is 57.6 Å². The summed E-state index contributed by atoms with van der Waals surface area (Å²) in [5, 5.41) is 10.6. The molecule has 2 aromatic carbocycles. The van der Waals surface area contributed by atoms with E-state index in [9.17, 15) is 14.7 Å². The highest BCUT2D eigenvalue weighted by atomic mass is 35.5. The molecule has 1 atom stereocenters. The third-order valence-corrected chi connectivity index (χ3v) is 7.86. The van der Waals surface area contributed by atoms with Gasteiger partial charge in [0, 0.05) is 48.6 Å². The molecule has 1 unspecified atom stereocenters. The maximum Gasteiger partial charge on any atom is 0.253 e. The Morgan fingerprint density at radius 3 is 2.37 bits per heavy atom. The van der Waals surface area contributed by atoms with Crippen molar-refractivity contribution in [2.45, 2.75) is 52.1 Å². The van der Waals surface area contributed by atoms with Gasteiger partial charge >= 0.3 is 0 Å². The molecule has 0 aliphatic carbocycles. The van der Waals surface area contributed by atoms with Crippen molar-refractivity contribution in [2.75, 3.05) is 32.8 Å². The van der Waals surface area contributed by atoms with Crippen LogP contribution in [0.4, 0.5) is 0 Å². The summed E-state index contributed by atoms with van der Waals surface area (Å²) in [6.07, 6.45) is 2.81. The zero-order chi connectivity index (χ0) is 25.0. The van der Waals surface area contributed by atoms with E-state index in [1.54, 1.807) is 0 Å². The Morgan fingerprint density at radius 2 is 1.71 bits per heavy atom. The van der Waals surface area contributed by atoms with Crippen molar-refractivity contribution in [3.63, 3.8) is 0 Å². The van der Waals surface area contributed by atoms with Crippen LogP contribution in [0.25, 0.3) is 0 Å². The lowest BCUT2D eigenvalue weighted by Gasteiger charge is -2.43. The highest BCUT2D eigenvalue weighted by Gasteiger charge is 2.41. The average Bonchev–Trinajstić information content (AvgIpc) is 2.86. The van der Waals surface area contributed by atoms with E-state index in [4.69, 9.17) is 16.3 Å². The van der Waals surface area contributed by atoms with Gasteiger partial charge in [0.15, 0.2) is 0 Å². The Labute approximate surface area is 212 Å². The van der Waals surface area contributed by atoms with Crippen molar-refractivity contribution >= 4 is 23.4 Å². The van der Waals surface area contributed by atoms with Crippen LogP contribution in [0.5, 0.6) is 5.75 Å². The monoisotopic (exact) mass is 498 g/mol. The molecule has 2 aromatic rings. The second-order valence-corrected chi connectivity index (χ2v) is 10.5. The highest BCUT2D eigenvalue weighted by Crippen LogP contribution is 2.37. The molecule has 7 heteroatoms. The van der Waals surface area contributed by atoms with Gasteiger partial charge in [0.1, 0.15) is 5.75 Å². The lowest BCUT2D eigenvalue weighted by atomic mass is 9.77. The third-order valence-electron chi connectivity index (χ3n) is 7.27. The standard InChI is InChI=1S/C28H35ClN2O4/c1-20-15-24(16-21(2)26(20)29)35-19-28(17-25(33)30-13-9-23(32)10-14-30)11-6-12-31(18-28)27(34)22-7-4-3-5-8-22/h3-5,7-8,15-16,23,32H,6,9-14,17-19H2,1-2H3. The largest absolute Gasteiger partial charge is 0.493 e. The fourth-order valence-electron chi connectivity index (χ4n) is 5.23. The maximum atomic E-state index is 13.4. The minimum Gasteiger partial charge on any atom is -0.493 e. The van der Waals surface area contributed by atoms with Crippen LogP contribution in [0.3, 0.4) is 0 Å². The van der Waals surface area contributed by atoms with Gasteiger partial charge in [0.05, 0.1) is 12.7 Å². The lowest BCUT2D eigenvalue weighted by Crippen LogP contribution is -2.51. The second-order valence-electron chi connectivity index (χ2n) is 10.1. The van der Waals surface area contributed by atoms with Gasteiger partial charge in [-0.3, -0.25) is 9.59 Å². The molecule has 0 spiro atoms. The van der Waals surface area contributed by atoms with Crippen LogP contribution in [0.1, 0.15) is 53.6 Å². The Kier molecular flexibility index (Phi) is 8.02. The zero-order valence-corrected chi connectivity index (χ0v) is 21.4. The van der Waals surface area contributed by atoms with Gasteiger partial charge in [-0.2, -0.15) is 0 Å². The Morgan fingerprint density at radius 1 is 1.06 bits per heavy atom. The molecule has 2 aliphatic heterocycles. The fourth-order valence-corrected chi connectivity index (χ4v) is 5.34. The van der Waals surface area contributed by atoms with E-state index in [1.165, 1.54) is 0 Å². The Balaban J connectivity index is 1.54. The van der Waals surface area contributed by atoms with E-state index in [1.807, 2.05) is 66.1 Å². The zero-order valence-electron chi connectivity index (χ0n) is 20.6. The van der Waals surface area contributed by atoms with Gasteiger partial charge in [0.25, 0.3) is 5.91 Å². The molecule has 2 amide bonds. The summed E-state index contributed by atoms with van der Waals surface area (Å²) in [5.74, 6) is 0.781. The van der Waals surface area contributed by atoms with Crippen LogP contribution in [0.2, 0.25) is 5.02 Å². The van der Waals surface area contributed by atoms with E-state index in [-0.39, 0.29) is 17.9 Å². The number of aliphatic hydroxyl groups is 1. The molecule has 0 saturated carbocycles. The quantitative estimate of drug-likeness (QED) is 0.630. The number of hydrogen-bond donors (Lipinski definition) is 1. The van der Waals surface area contributed by atoms with Crippen molar-refractivity contribution in [3.8, 4) is 5.75 Å². The number of benzene rings is 2. The topological polar surface area (TPSA) is 70.1 Å².